The fraction of sp³-hybridized carbons (Fsp3) is 0.120. The Morgan fingerprint density at radius 1 is 1.11 bits per heavy atom. The predicted octanol–water partition coefficient (Wildman–Crippen LogP) is 4.81. The minimum atomic E-state index is -1.16. The van der Waals surface area contributed by atoms with Crippen molar-refractivity contribution in [2.75, 3.05) is 5.32 Å². The fourth-order valence-electron chi connectivity index (χ4n) is 4.70. The van der Waals surface area contributed by atoms with Crippen LogP contribution in [0, 0.1) is 0 Å². The van der Waals surface area contributed by atoms with Gasteiger partial charge in [0, 0.05) is 22.3 Å². The van der Waals surface area contributed by atoms with E-state index in [2.05, 4.69) is 30.6 Å². The molecule has 0 aliphatic carbocycles. The number of anilines is 1. The van der Waals surface area contributed by atoms with Crippen LogP contribution in [0.4, 0.5) is 10.5 Å². The number of aryl methyl sites for hydroxylation is 1. The van der Waals surface area contributed by atoms with Crippen molar-refractivity contribution >= 4 is 35.0 Å². The lowest BCUT2D eigenvalue weighted by Crippen LogP contribution is -2.23. The third-order valence-corrected chi connectivity index (χ3v) is 6.73. The number of benzene rings is 1. The predicted molar refractivity (Wildman–Crippen MR) is 141 cm³/mol. The van der Waals surface area contributed by atoms with E-state index in [1.807, 2.05) is 6.07 Å². The molecule has 190 valence electrons. The minimum Gasteiger partial charge on any atom is -0.465 e. The summed E-state index contributed by atoms with van der Waals surface area (Å²) in [5.74, 6) is 0.642. The molecule has 0 unspecified atom stereocenters. The third kappa shape index (κ3) is 4.42. The molecule has 6 rings (SSSR count). The number of nitrogens with one attached hydrogen (secondary N) is 2. The number of aromatic amines is 1. The number of imidazole rings is 1. The number of aromatic nitrogens is 7. The van der Waals surface area contributed by atoms with Gasteiger partial charge in [-0.1, -0.05) is 28.4 Å². The van der Waals surface area contributed by atoms with Crippen molar-refractivity contribution in [1.82, 2.24) is 34.5 Å². The van der Waals surface area contributed by atoms with Gasteiger partial charge in [-0.25, -0.2) is 14.5 Å². The number of pyridine rings is 2. The molecule has 1 atom stereocenters. The number of hydrogen-bond donors (Lipinski definition) is 3. The van der Waals surface area contributed by atoms with Crippen LogP contribution in [0.15, 0.2) is 65.8 Å². The Morgan fingerprint density at radius 2 is 1.97 bits per heavy atom. The molecular weight excluding hydrogens is 531 g/mol. The molecule has 4 aromatic heterocycles. The van der Waals surface area contributed by atoms with Crippen LogP contribution in [0.1, 0.15) is 24.0 Å². The molecule has 11 nitrogen and oxygen atoms in total. The van der Waals surface area contributed by atoms with E-state index in [0.29, 0.717) is 52.0 Å². The summed E-state index contributed by atoms with van der Waals surface area (Å²) in [5, 5.41) is 19.8. The average Bonchev–Trinajstić information content (AvgIpc) is 3.64. The van der Waals surface area contributed by atoms with Gasteiger partial charge in [0.1, 0.15) is 5.82 Å². The van der Waals surface area contributed by atoms with Gasteiger partial charge in [-0.2, -0.15) is 0 Å². The first-order valence-electron chi connectivity index (χ1n) is 11.5. The second-order valence-electron chi connectivity index (χ2n) is 8.69. The highest BCUT2D eigenvalue weighted by molar-refractivity contribution is 6.31. The van der Waals surface area contributed by atoms with Gasteiger partial charge in [0.2, 0.25) is 0 Å². The molecule has 5 heterocycles. The molecule has 1 aromatic carbocycles. The van der Waals surface area contributed by atoms with Gasteiger partial charge >= 0.3 is 6.09 Å². The summed E-state index contributed by atoms with van der Waals surface area (Å²) in [6.07, 6.45) is 4.89. The van der Waals surface area contributed by atoms with E-state index in [0.717, 1.165) is 11.3 Å². The minimum absolute atomic E-state index is 0.164. The molecule has 0 bridgehead atoms. The number of fused-ring (bicyclic) bond motifs is 1. The topological polar surface area (TPSA) is 144 Å². The van der Waals surface area contributed by atoms with Gasteiger partial charge < -0.3 is 14.7 Å². The van der Waals surface area contributed by atoms with Gasteiger partial charge in [-0.05, 0) is 54.8 Å². The second kappa shape index (κ2) is 9.43. The van der Waals surface area contributed by atoms with E-state index in [1.54, 1.807) is 58.0 Å². The summed E-state index contributed by atoms with van der Waals surface area (Å²) in [5.41, 5.74) is 4.48. The molecule has 0 radical (unpaired) electrons. The SMILES string of the molecule is O=C(O)Nc1ccc(-c2cnc([C@@H]3CCc4cc(-c5cc(Cl)ccc5-n5cc(Cl)nn5)cc(=O)n43)[nH]2)nc1. The summed E-state index contributed by atoms with van der Waals surface area (Å²) in [7, 11) is 0. The Labute approximate surface area is 224 Å². The molecule has 5 aromatic rings. The van der Waals surface area contributed by atoms with E-state index < -0.39 is 6.09 Å². The molecule has 13 heteroatoms. The van der Waals surface area contributed by atoms with Gasteiger partial charge in [0.15, 0.2) is 5.15 Å². The largest absolute Gasteiger partial charge is 0.465 e. The van der Waals surface area contributed by atoms with E-state index in [4.69, 9.17) is 28.3 Å². The van der Waals surface area contributed by atoms with Crippen molar-refractivity contribution in [1.29, 1.82) is 0 Å². The van der Waals surface area contributed by atoms with Crippen LogP contribution in [0.25, 0.3) is 28.2 Å². The summed E-state index contributed by atoms with van der Waals surface area (Å²) in [6, 6.07) is 11.9. The second-order valence-corrected chi connectivity index (χ2v) is 9.51. The first-order chi connectivity index (χ1) is 18.4. The number of rotatable bonds is 5. The highest BCUT2D eigenvalue weighted by atomic mass is 35.5. The first kappa shape index (κ1) is 23.9. The maximum absolute atomic E-state index is 13.4. The molecule has 0 saturated heterocycles. The highest BCUT2D eigenvalue weighted by Crippen LogP contribution is 2.34. The van der Waals surface area contributed by atoms with Gasteiger partial charge in [0.05, 0.1) is 47.4 Å². The molecule has 0 saturated carbocycles. The monoisotopic (exact) mass is 548 g/mol. The molecular formula is C25H18Cl2N8O3. The summed E-state index contributed by atoms with van der Waals surface area (Å²) < 4.78 is 3.29. The number of halogens is 2. The van der Waals surface area contributed by atoms with Crippen molar-refractivity contribution < 1.29 is 9.90 Å². The maximum atomic E-state index is 13.4. The Kier molecular flexibility index (Phi) is 5.93. The lowest BCUT2D eigenvalue weighted by atomic mass is 10.0. The Bertz CT molecular complexity index is 1740. The number of amides is 1. The van der Waals surface area contributed by atoms with Crippen LogP contribution in [-0.4, -0.2) is 45.7 Å². The van der Waals surface area contributed by atoms with Gasteiger partial charge in [-0.3, -0.25) is 15.1 Å². The van der Waals surface area contributed by atoms with Crippen LogP contribution >= 0.6 is 23.2 Å². The van der Waals surface area contributed by atoms with Crippen LogP contribution in [0.2, 0.25) is 10.2 Å². The molecule has 3 N–H and O–H groups in total. The van der Waals surface area contributed by atoms with E-state index in [9.17, 15) is 9.59 Å². The van der Waals surface area contributed by atoms with Crippen molar-refractivity contribution in [2.45, 2.75) is 18.9 Å². The number of hydrogen-bond acceptors (Lipinski definition) is 6. The van der Waals surface area contributed by atoms with E-state index in [1.165, 1.54) is 6.20 Å². The van der Waals surface area contributed by atoms with Crippen LogP contribution in [0.3, 0.4) is 0 Å². The summed E-state index contributed by atoms with van der Waals surface area (Å²) in [6.45, 7) is 0. The molecule has 0 spiro atoms. The Balaban J connectivity index is 1.33. The third-order valence-electron chi connectivity index (χ3n) is 6.32. The van der Waals surface area contributed by atoms with Crippen molar-refractivity contribution in [3.63, 3.8) is 0 Å². The lowest BCUT2D eigenvalue weighted by molar-refractivity contribution is 0.209. The van der Waals surface area contributed by atoms with E-state index >= 15 is 0 Å². The first-order valence-corrected chi connectivity index (χ1v) is 12.3. The Hall–Kier alpha value is -4.48. The zero-order chi connectivity index (χ0) is 26.4. The highest BCUT2D eigenvalue weighted by Gasteiger charge is 2.28. The zero-order valence-electron chi connectivity index (χ0n) is 19.5. The Morgan fingerprint density at radius 3 is 2.71 bits per heavy atom. The average molecular weight is 549 g/mol. The quantitative estimate of drug-likeness (QED) is 0.285. The normalized spacial score (nSPS) is 14.4. The van der Waals surface area contributed by atoms with Gasteiger partial charge in [-0.15, -0.1) is 5.10 Å². The van der Waals surface area contributed by atoms with Crippen LogP contribution < -0.4 is 10.9 Å². The van der Waals surface area contributed by atoms with Crippen molar-refractivity contribution in [3.05, 3.63) is 93.1 Å². The molecule has 0 fully saturated rings. The number of carboxylic acid groups (broad SMARTS) is 1. The van der Waals surface area contributed by atoms with Crippen LogP contribution in [0.5, 0.6) is 0 Å². The van der Waals surface area contributed by atoms with Gasteiger partial charge in [0.25, 0.3) is 5.56 Å². The zero-order valence-corrected chi connectivity index (χ0v) is 21.0. The van der Waals surface area contributed by atoms with Crippen LogP contribution in [-0.2, 0) is 6.42 Å². The summed E-state index contributed by atoms with van der Waals surface area (Å²) in [4.78, 5) is 36.3. The molecule has 38 heavy (non-hydrogen) atoms. The number of nitrogens with zero attached hydrogens (tertiary/aromatic N) is 6. The lowest BCUT2D eigenvalue weighted by Gasteiger charge is -2.15. The van der Waals surface area contributed by atoms with Crippen molar-refractivity contribution in [3.8, 4) is 28.2 Å². The number of H-pyrrole nitrogens is 1. The maximum Gasteiger partial charge on any atom is 0.409 e. The molecule has 1 aliphatic heterocycles. The van der Waals surface area contributed by atoms with E-state index in [-0.39, 0.29) is 16.8 Å². The standard InChI is InChI=1S/C25H18Cl2N8O3/c26-14-1-5-20(34-12-22(27)32-33-34)17(9-14)13-7-16-3-6-21(35(16)23(36)8-13)24-29-11-19(31-24)18-4-2-15(10-28-18)30-25(37)38/h1-2,4-5,7-12,21,30H,3,6H2,(H,29,31)(H,37,38)/t21-/m0/s1. The molecule has 1 aliphatic rings. The fourth-order valence-corrected chi connectivity index (χ4v) is 4.99. The van der Waals surface area contributed by atoms with Crippen molar-refractivity contribution in [2.24, 2.45) is 0 Å². The number of carbonyl (C=O) groups is 1. The molecule has 1 amide bonds. The smallest absolute Gasteiger partial charge is 0.409 e. The summed E-state index contributed by atoms with van der Waals surface area (Å²) >= 11 is 12.3.